The van der Waals surface area contributed by atoms with E-state index in [1.165, 1.54) is 5.56 Å². The Hall–Kier alpha value is -1.29. The standard InChI is InChI=1S/C13H16BrN3/c1-3-7-17-13(12(14)9-16-17)10-5-4-6-11(8-10)15-2/h4-6,8-9,15H,3,7H2,1-2H3. The third-order valence-corrected chi connectivity index (χ3v) is 3.24. The average Bonchev–Trinajstić information content (AvgIpc) is 2.71. The van der Waals surface area contributed by atoms with Crippen LogP contribution in [0.25, 0.3) is 11.3 Å². The quantitative estimate of drug-likeness (QED) is 0.930. The summed E-state index contributed by atoms with van der Waals surface area (Å²) in [7, 11) is 1.93. The molecule has 1 aromatic heterocycles. The number of benzene rings is 1. The minimum atomic E-state index is 0.935. The van der Waals surface area contributed by atoms with Gasteiger partial charge in [0, 0.05) is 24.8 Å². The van der Waals surface area contributed by atoms with Crippen LogP contribution in [-0.2, 0) is 6.54 Å². The predicted molar refractivity (Wildman–Crippen MR) is 75.2 cm³/mol. The molecule has 0 aliphatic carbocycles. The molecule has 2 rings (SSSR count). The Balaban J connectivity index is 2.47. The van der Waals surface area contributed by atoms with Gasteiger partial charge in [-0.3, -0.25) is 4.68 Å². The Kier molecular flexibility index (Phi) is 3.84. The first-order valence-corrected chi connectivity index (χ1v) is 6.55. The van der Waals surface area contributed by atoms with Crippen LogP contribution in [0.1, 0.15) is 13.3 Å². The Morgan fingerprint density at radius 1 is 1.41 bits per heavy atom. The number of nitrogens with one attached hydrogen (secondary N) is 1. The van der Waals surface area contributed by atoms with Crippen molar-refractivity contribution in [2.45, 2.75) is 19.9 Å². The van der Waals surface area contributed by atoms with E-state index in [0.717, 1.165) is 28.8 Å². The van der Waals surface area contributed by atoms with Gasteiger partial charge in [0.2, 0.25) is 0 Å². The molecule has 0 saturated heterocycles. The van der Waals surface area contributed by atoms with Crippen molar-refractivity contribution >= 4 is 21.6 Å². The second-order valence-electron chi connectivity index (χ2n) is 3.90. The third kappa shape index (κ3) is 2.52. The van der Waals surface area contributed by atoms with Crippen molar-refractivity contribution in [2.75, 3.05) is 12.4 Å². The zero-order chi connectivity index (χ0) is 12.3. The molecule has 2 aromatic rings. The van der Waals surface area contributed by atoms with Gasteiger partial charge >= 0.3 is 0 Å². The minimum absolute atomic E-state index is 0.935. The topological polar surface area (TPSA) is 29.9 Å². The maximum atomic E-state index is 4.39. The fourth-order valence-corrected chi connectivity index (χ4v) is 2.38. The summed E-state index contributed by atoms with van der Waals surface area (Å²) in [6.45, 7) is 3.09. The van der Waals surface area contributed by atoms with Crippen molar-refractivity contribution in [1.29, 1.82) is 0 Å². The lowest BCUT2D eigenvalue weighted by Crippen LogP contribution is -2.01. The van der Waals surface area contributed by atoms with Crippen LogP contribution in [0.2, 0.25) is 0 Å². The normalized spacial score (nSPS) is 10.5. The molecule has 17 heavy (non-hydrogen) atoms. The first-order valence-electron chi connectivity index (χ1n) is 5.75. The van der Waals surface area contributed by atoms with Gasteiger partial charge in [-0.1, -0.05) is 19.1 Å². The Bertz CT molecular complexity index is 505. The van der Waals surface area contributed by atoms with Gasteiger partial charge in [0.25, 0.3) is 0 Å². The van der Waals surface area contributed by atoms with Crippen LogP contribution >= 0.6 is 15.9 Å². The molecule has 0 saturated carbocycles. The lowest BCUT2D eigenvalue weighted by Gasteiger charge is -2.08. The molecule has 90 valence electrons. The van der Waals surface area contributed by atoms with Crippen molar-refractivity contribution in [1.82, 2.24) is 9.78 Å². The second kappa shape index (κ2) is 5.36. The van der Waals surface area contributed by atoms with E-state index in [0.29, 0.717) is 0 Å². The minimum Gasteiger partial charge on any atom is -0.388 e. The number of hydrogen-bond donors (Lipinski definition) is 1. The van der Waals surface area contributed by atoms with Crippen LogP contribution in [0.15, 0.2) is 34.9 Å². The average molecular weight is 294 g/mol. The summed E-state index contributed by atoms with van der Waals surface area (Å²) in [4.78, 5) is 0. The molecule has 0 spiro atoms. The van der Waals surface area contributed by atoms with Crippen LogP contribution in [0.3, 0.4) is 0 Å². The maximum Gasteiger partial charge on any atom is 0.0825 e. The highest BCUT2D eigenvalue weighted by Gasteiger charge is 2.10. The van der Waals surface area contributed by atoms with Gasteiger partial charge in [-0.05, 0) is 34.5 Å². The first-order chi connectivity index (χ1) is 8.26. The summed E-state index contributed by atoms with van der Waals surface area (Å²) in [6, 6.07) is 8.34. The van der Waals surface area contributed by atoms with Gasteiger partial charge < -0.3 is 5.32 Å². The van der Waals surface area contributed by atoms with Gasteiger partial charge in [0.1, 0.15) is 0 Å². The van der Waals surface area contributed by atoms with E-state index in [1.807, 2.05) is 17.9 Å². The van der Waals surface area contributed by atoms with E-state index < -0.39 is 0 Å². The fourth-order valence-electron chi connectivity index (χ4n) is 1.85. The Morgan fingerprint density at radius 2 is 2.24 bits per heavy atom. The van der Waals surface area contributed by atoms with E-state index in [2.05, 4.69) is 57.5 Å². The van der Waals surface area contributed by atoms with E-state index in [1.54, 1.807) is 0 Å². The lowest BCUT2D eigenvalue weighted by molar-refractivity contribution is 0.609. The van der Waals surface area contributed by atoms with Crippen LogP contribution < -0.4 is 5.32 Å². The number of halogens is 1. The SMILES string of the molecule is CCCn1ncc(Br)c1-c1cccc(NC)c1. The number of aromatic nitrogens is 2. The molecular weight excluding hydrogens is 278 g/mol. The summed E-state index contributed by atoms with van der Waals surface area (Å²) >= 11 is 3.57. The van der Waals surface area contributed by atoms with Crippen molar-refractivity contribution in [3.05, 3.63) is 34.9 Å². The summed E-state index contributed by atoms with van der Waals surface area (Å²) in [6.07, 6.45) is 2.93. The van der Waals surface area contributed by atoms with Crippen molar-refractivity contribution in [3.63, 3.8) is 0 Å². The number of nitrogens with zero attached hydrogens (tertiary/aromatic N) is 2. The number of hydrogen-bond acceptors (Lipinski definition) is 2. The molecule has 0 amide bonds. The third-order valence-electron chi connectivity index (χ3n) is 2.65. The summed E-state index contributed by atoms with van der Waals surface area (Å²) < 4.78 is 3.08. The van der Waals surface area contributed by atoms with Gasteiger partial charge in [-0.15, -0.1) is 0 Å². The molecule has 4 heteroatoms. The zero-order valence-electron chi connectivity index (χ0n) is 10.1. The monoisotopic (exact) mass is 293 g/mol. The second-order valence-corrected chi connectivity index (χ2v) is 4.75. The predicted octanol–water partition coefficient (Wildman–Crippen LogP) is 3.76. The molecule has 0 radical (unpaired) electrons. The van der Waals surface area contributed by atoms with Crippen LogP contribution in [0.4, 0.5) is 5.69 Å². The molecule has 0 unspecified atom stereocenters. The zero-order valence-corrected chi connectivity index (χ0v) is 11.7. The molecule has 1 aromatic carbocycles. The Morgan fingerprint density at radius 3 is 2.94 bits per heavy atom. The van der Waals surface area contributed by atoms with Gasteiger partial charge in [-0.2, -0.15) is 5.10 Å². The highest BCUT2D eigenvalue weighted by molar-refractivity contribution is 9.10. The lowest BCUT2D eigenvalue weighted by atomic mass is 10.1. The highest BCUT2D eigenvalue weighted by Crippen LogP contribution is 2.29. The largest absolute Gasteiger partial charge is 0.388 e. The van der Waals surface area contributed by atoms with Crippen molar-refractivity contribution in [2.24, 2.45) is 0 Å². The van der Waals surface area contributed by atoms with Crippen LogP contribution in [0, 0.1) is 0 Å². The molecule has 1 heterocycles. The summed E-state index contributed by atoms with van der Waals surface area (Å²) in [5.74, 6) is 0. The van der Waals surface area contributed by atoms with Gasteiger partial charge in [0.05, 0.1) is 16.4 Å². The van der Waals surface area contributed by atoms with E-state index >= 15 is 0 Å². The van der Waals surface area contributed by atoms with Crippen LogP contribution in [0.5, 0.6) is 0 Å². The number of aryl methyl sites for hydroxylation is 1. The highest BCUT2D eigenvalue weighted by atomic mass is 79.9. The van der Waals surface area contributed by atoms with E-state index in [9.17, 15) is 0 Å². The summed E-state index contributed by atoms with van der Waals surface area (Å²) in [5.41, 5.74) is 3.43. The summed E-state index contributed by atoms with van der Waals surface area (Å²) in [5, 5.41) is 7.54. The molecule has 0 fully saturated rings. The molecule has 0 atom stereocenters. The van der Waals surface area contributed by atoms with E-state index in [4.69, 9.17) is 0 Å². The first kappa shape index (κ1) is 12.2. The number of rotatable bonds is 4. The van der Waals surface area contributed by atoms with Gasteiger partial charge in [-0.25, -0.2) is 0 Å². The van der Waals surface area contributed by atoms with Crippen molar-refractivity contribution < 1.29 is 0 Å². The molecule has 0 aliphatic heterocycles. The van der Waals surface area contributed by atoms with Crippen molar-refractivity contribution in [3.8, 4) is 11.3 Å². The fraction of sp³-hybridized carbons (Fsp3) is 0.308. The smallest absolute Gasteiger partial charge is 0.0825 e. The Labute approximate surface area is 110 Å². The van der Waals surface area contributed by atoms with Crippen LogP contribution in [-0.4, -0.2) is 16.8 Å². The molecular formula is C13H16BrN3. The molecule has 0 bridgehead atoms. The maximum absolute atomic E-state index is 4.39. The van der Waals surface area contributed by atoms with Gasteiger partial charge in [0.15, 0.2) is 0 Å². The molecule has 0 aliphatic rings. The number of anilines is 1. The molecule has 1 N–H and O–H groups in total. The van der Waals surface area contributed by atoms with E-state index in [-0.39, 0.29) is 0 Å². The molecule has 3 nitrogen and oxygen atoms in total.